The summed E-state index contributed by atoms with van der Waals surface area (Å²) < 4.78 is 9.91. The summed E-state index contributed by atoms with van der Waals surface area (Å²) in [6, 6.07) is 8.25. The van der Waals surface area contributed by atoms with Crippen molar-refractivity contribution >= 4 is 17.2 Å². The van der Waals surface area contributed by atoms with Gasteiger partial charge in [0.2, 0.25) is 0 Å². The van der Waals surface area contributed by atoms with Gasteiger partial charge in [-0.25, -0.2) is 9.36 Å². The molecule has 106 valence electrons. The van der Waals surface area contributed by atoms with Crippen LogP contribution < -0.4 is 5.32 Å². The molecule has 1 fully saturated rings. The highest BCUT2D eigenvalue weighted by atomic mass is 32.1. The van der Waals surface area contributed by atoms with Crippen molar-refractivity contribution in [3.05, 3.63) is 53.5 Å². The normalized spacial score (nSPS) is 14.3. The standard InChI is InChI=1S/C16H15N3OS/c1-2-13(1)16-18-9-15(20-16)12-3-5-14(6-4-12)17-7-11-8-19-21-10-11/h3-6,8-10,13,17H,1-2,7H2. The van der Waals surface area contributed by atoms with E-state index in [4.69, 9.17) is 4.42 Å². The van der Waals surface area contributed by atoms with E-state index >= 15 is 0 Å². The Labute approximate surface area is 127 Å². The van der Waals surface area contributed by atoms with E-state index in [9.17, 15) is 0 Å². The molecule has 21 heavy (non-hydrogen) atoms. The van der Waals surface area contributed by atoms with Crippen molar-refractivity contribution in [2.45, 2.75) is 25.3 Å². The molecule has 0 aliphatic heterocycles. The second kappa shape index (κ2) is 5.33. The van der Waals surface area contributed by atoms with Crippen molar-refractivity contribution in [3.8, 4) is 11.3 Å². The highest BCUT2D eigenvalue weighted by molar-refractivity contribution is 7.03. The minimum atomic E-state index is 0.555. The van der Waals surface area contributed by atoms with Crippen LogP contribution in [0.3, 0.4) is 0 Å². The number of aromatic nitrogens is 2. The average Bonchev–Trinajstić information content (AvgIpc) is 3.04. The summed E-state index contributed by atoms with van der Waals surface area (Å²) in [5.41, 5.74) is 3.36. The molecule has 0 saturated heterocycles. The van der Waals surface area contributed by atoms with E-state index in [1.165, 1.54) is 29.9 Å². The molecule has 1 N–H and O–H groups in total. The van der Waals surface area contributed by atoms with Gasteiger partial charge in [-0.1, -0.05) is 0 Å². The molecule has 2 heterocycles. The first-order chi connectivity index (χ1) is 10.4. The molecule has 1 aromatic carbocycles. The maximum absolute atomic E-state index is 5.81. The summed E-state index contributed by atoms with van der Waals surface area (Å²) in [6.45, 7) is 0.796. The topological polar surface area (TPSA) is 51.0 Å². The van der Waals surface area contributed by atoms with E-state index in [2.05, 4.69) is 44.3 Å². The summed E-state index contributed by atoms with van der Waals surface area (Å²) in [7, 11) is 0. The molecule has 1 aliphatic carbocycles. The molecule has 4 rings (SSSR count). The highest BCUT2D eigenvalue weighted by Gasteiger charge is 2.28. The molecule has 3 aromatic rings. The lowest BCUT2D eigenvalue weighted by atomic mass is 10.1. The van der Waals surface area contributed by atoms with Crippen LogP contribution in [-0.4, -0.2) is 9.36 Å². The predicted molar refractivity (Wildman–Crippen MR) is 83.4 cm³/mol. The van der Waals surface area contributed by atoms with Gasteiger partial charge in [0.25, 0.3) is 0 Å². The predicted octanol–water partition coefficient (Wildman–Crippen LogP) is 4.29. The third-order valence-corrected chi connectivity index (χ3v) is 4.23. The molecule has 0 unspecified atom stereocenters. The van der Waals surface area contributed by atoms with Crippen LogP contribution in [-0.2, 0) is 6.54 Å². The zero-order valence-electron chi connectivity index (χ0n) is 11.5. The first-order valence-corrected chi connectivity index (χ1v) is 7.90. The van der Waals surface area contributed by atoms with E-state index in [-0.39, 0.29) is 0 Å². The summed E-state index contributed by atoms with van der Waals surface area (Å²) >= 11 is 1.47. The number of oxazole rings is 1. The zero-order chi connectivity index (χ0) is 14.1. The van der Waals surface area contributed by atoms with Crippen LogP contribution in [0.4, 0.5) is 5.69 Å². The fourth-order valence-electron chi connectivity index (χ4n) is 2.21. The van der Waals surface area contributed by atoms with Gasteiger partial charge in [-0.2, -0.15) is 0 Å². The Balaban J connectivity index is 1.44. The lowest BCUT2D eigenvalue weighted by Gasteiger charge is -2.05. The van der Waals surface area contributed by atoms with E-state index in [1.807, 2.05) is 12.4 Å². The molecule has 4 nitrogen and oxygen atoms in total. The Hall–Kier alpha value is -2.14. The van der Waals surface area contributed by atoms with Gasteiger partial charge in [0.1, 0.15) is 0 Å². The van der Waals surface area contributed by atoms with Crippen molar-refractivity contribution in [2.75, 3.05) is 5.32 Å². The second-order valence-corrected chi connectivity index (χ2v) is 5.96. The molecular formula is C16H15N3OS. The Morgan fingerprint density at radius 3 is 2.76 bits per heavy atom. The van der Waals surface area contributed by atoms with Gasteiger partial charge in [-0.3, -0.25) is 0 Å². The third-order valence-electron chi connectivity index (χ3n) is 3.60. The van der Waals surface area contributed by atoms with Gasteiger partial charge in [-0.05, 0) is 48.6 Å². The minimum Gasteiger partial charge on any atom is -0.440 e. The van der Waals surface area contributed by atoms with Crippen LogP contribution in [0, 0.1) is 0 Å². The SMILES string of the molecule is c1nscc1CNc1ccc(-c2cnc(C3CC3)o2)cc1. The smallest absolute Gasteiger partial charge is 0.198 e. The number of hydrogen-bond donors (Lipinski definition) is 1. The first kappa shape index (κ1) is 12.6. The van der Waals surface area contributed by atoms with E-state index in [0.717, 1.165) is 29.4 Å². The number of benzene rings is 1. The fourth-order valence-corrected chi connectivity index (χ4v) is 2.75. The molecule has 0 spiro atoms. The third kappa shape index (κ3) is 2.83. The van der Waals surface area contributed by atoms with Crippen LogP contribution >= 0.6 is 11.5 Å². The monoisotopic (exact) mass is 297 g/mol. The summed E-state index contributed by atoms with van der Waals surface area (Å²) in [4.78, 5) is 4.36. The van der Waals surface area contributed by atoms with Gasteiger partial charge < -0.3 is 9.73 Å². The van der Waals surface area contributed by atoms with E-state index in [1.54, 1.807) is 0 Å². The molecule has 1 aliphatic rings. The first-order valence-electron chi connectivity index (χ1n) is 7.07. The average molecular weight is 297 g/mol. The number of nitrogens with zero attached hydrogens (tertiary/aromatic N) is 2. The quantitative estimate of drug-likeness (QED) is 0.763. The van der Waals surface area contributed by atoms with Gasteiger partial charge in [-0.15, -0.1) is 0 Å². The Bertz CT molecular complexity index is 714. The van der Waals surface area contributed by atoms with Crippen molar-refractivity contribution in [3.63, 3.8) is 0 Å². The van der Waals surface area contributed by atoms with Gasteiger partial charge >= 0.3 is 0 Å². The van der Waals surface area contributed by atoms with Crippen molar-refractivity contribution in [1.29, 1.82) is 0 Å². The van der Waals surface area contributed by atoms with Crippen molar-refractivity contribution in [1.82, 2.24) is 9.36 Å². The Morgan fingerprint density at radius 2 is 2.05 bits per heavy atom. The minimum absolute atomic E-state index is 0.555. The van der Waals surface area contributed by atoms with Crippen LogP contribution in [0.1, 0.15) is 30.2 Å². The van der Waals surface area contributed by atoms with Gasteiger partial charge in [0.05, 0.1) is 6.20 Å². The molecule has 1 saturated carbocycles. The maximum atomic E-state index is 5.81. The van der Waals surface area contributed by atoms with Crippen LogP contribution in [0.2, 0.25) is 0 Å². The van der Waals surface area contributed by atoms with Crippen molar-refractivity contribution in [2.24, 2.45) is 0 Å². The fraction of sp³-hybridized carbons (Fsp3) is 0.250. The summed E-state index contributed by atoms with van der Waals surface area (Å²) in [5, 5.41) is 5.43. The van der Waals surface area contributed by atoms with Crippen LogP contribution in [0.5, 0.6) is 0 Å². The van der Waals surface area contributed by atoms with Gasteiger partial charge in [0, 0.05) is 40.9 Å². The number of nitrogens with one attached hydrogen (secondary N) is 1. The molecule has 0 amide bonds. The largest absolute Gasteiger partial charge is 0.440 e. The van der Waals surface area contributed by atoms with E-state index < -0.39 is 0 Å². The number of hydrogen-bond acceptors (Lipinski definition) is 5. The molecule has 5 heteroatoms. The Kier molecular flexibility index (Phi) is 3.20. The number of anilines is 1. The van der Waals surface area contributed by atoms with E-state index in [0.29, 0.717) is 5.92 Å². The molecule has 0 radical (unpaired) electrons. The lowest BCUT2D eigenvalue weighted by Crippen LogP contribution is -1.97. The summed E-state index contributed by atoms with van der Waals surface area (Å²) in [5.74, 6) is 2.29. The number of rotatable bonds is 5. The maximum Gasteiger partial charge on any atom is 0.198 e. The second-order valence-electron chi connectivity index (χ2n) is 5.30. The van der Waals surface area contributed by atoms with Crippen LogP contribution in [0.25, 0.3) is 11.3 Å². The van der Waals surface area contributed by atoms with Gasteiger partial charge in [0.15, 0.2) is 11.7 Å². The zero-order valence-corrected chi connectivity index (χ0v) is 12.3. The Morgan fingerprint density at radius 1 is 1.19 bits per heavy atom. The molecule has 2 aromatic heterocycles. The molecule has 0 atom stereocenters. The van der Waals surface area contributed by atoms with Crippen LogP contribution in [0.15, 0.2) is 46.5 Å². The molecule has 0 bridgehead atoms. The molecular weight excluding hydrogens is 282 g/mol. The van der Waals surface area contributed by atoms with Crippen molar-refractivity contribution < 1.29 is 4.42 Å². The highest BCUT2D eigenvalue weighted by Crippen LogP contribution is 2.40. The lowest BCUT2D eigenvalue weighted by molar-refractivity contribution is 0.509. The summed E-state index contributed by atoms with van der Waals surface area (Å²) in [6.07, 6.45) is 6.13.